The summed E-state index contributed by atoms with van der Waals surface area (Å²) >= 11 is 3.45. The monoisotopic (exact) mass is 339 g/mol. The molecule has 0 aliphatic heterocycles. The summed E-state index contributed by atoms with van der Waals surface area (Å²) in [4.78, 5) is 0. The molecule has 2 aromatic carbocycles. The molecule has 0 spiro atoms. The molecule has 1 unspecified atom stereocenters. The van der Waals surface area contributed by atoms with E-state index in [4.69, 9.17) is 0 Å². The van der Waals surface area contributed by atoms with Crippen LogP contribution in [0.2, 0.25) is 0 Å². The van der Waals surface area contributed by atoms with Gasteiger partial charge in [0.1, 0.15) is 11.6 Å². The fourth-order valence-electron chi connectivity index (χ4n) is 2.20. The standard InChI is InChI=1S/C16H16BrF2N/c1-10-8-11(6-7-13(10)17)16(20-2)9-12-14(18)4-3-5-15(12)19/h3-8,16,20H,9H2,1-2H3. The largest absolute Gasteiger partial charge is 0.313 e. The van der Waals surface area contributed by atoms with E-state index in [1.54, 1.807) is 7.05 Å². The number of benzene rings is 2. The van der Waals surface area contributed by atoms with Crippen molar-refractivity contribution in [2.75, 3.05) is 7.05 Å². The van der Waals surface area contributed by atoms with Crippen LogP contribution in [0.5, 0.6) is 0 Å². The van der Waals surface area contributed by atoms with Crippen LogP contribution in [0.4, 0.5) is 8.78 Å². The Labute approximate surface area is 126 Å². The number of likely N-dealkylation sites (N-methyl/N-ethyl adjacent to an activating group) is 1. The van der Waals surface area contributed by atoms with Gasteiger partial charge in [-0.3, -0.25) is 0 Å². The number of hydrogen-bond donors (Lipinski definition) is 1. The van der Waals surface area contributed by atoms with Gasteiger partial charge in [-0.25, -0.2) is 8.78 Å². The Morgan fingerprint density at radius 3 is 2.35 bits per heavy atom. The molecule has 2 rings (SSSR count). The van der Waals surface area contributed by atoms with Crippen molar-refractivity contribution in [1.29, 1.82) is 0 Å². The third-order valence-corrected chi connectivity index (χ3v) is 4.29. The van der Waals surface area contributed by atoms with Crippen LogP contribution in [0.15, 0.2) is 40.9 Å². The predicted octanol–water partition coefficient (Wildman–Crippen LogP) is 4.54. The first-order valence-electron chi connectivity index (χ1n) is 6.39. The molecule has 0 radical (unpaired) electrons. The quantitative estimate of drug-likeness (QED) is 0.862. The maximum absolute atomic E-state index is 13.7. The number of rotatable bonds is 4. The maximum Gasteiger partial charge on any atom is 0.129 e. The third-order valence-electron chi connectivity index (χ3n) is 3.40. The predicted molar refractivity (Wildman–Crippen MR) is 80.7 cm³/mol. The van der Waals surface area contributed by atoms with Crippen LogP contribution in [-0.2, 0) is 6.42 Å². The number of hydrogen-bond acceptors (Lipinski definition) is 1. The van der Waals surface area contributed by atoms with Crippen molar-refractivity contribution in [1.82, 2.24) is 5.32 Å². The summed E-state index contributed by atoms with van der Waals surface area (Å²) in [5.74, 6) is -1.00. The van der Waals surface area contributed by atoms with Crippen molar-refractivity contribution in [2.24, 2.45) is 0 Å². The van der Waals surface area contributed by atoms with E-state index < -0.39 is 11.6 Å². The summed E-state index contributed by atoms with van der Waals surface area (Å²) in [5, 5.41) is 3.12. The van der Waals surface area contributed by atoms with E-state index in [9.17, 15) is 8.78 Å². The minimum Gasteiger partial charge on any atom is -0.313 e. The molecule has 0 amide bonds. The lowest BCUT2D eigenvalue weighted by Gasteiger charge is -2.18. The molecule has 0 heterocycles. The Balaban J connectivity index is 2.31. The zero-order chi connectivity index (χ0) is 14.7. The topological polar surface area (TPSA) is 12.0 Å². The van der Waals surface area contributed by atoms with Crippen molar-refractivity contribution < 1.29 is 8.78 Å². The van der Waals surface area contributed by atoms with Crippen molar-refractivity contribution in [2.45, 2.75) is 19.4 Å². The molecule has 1 N–H and O–H groups in total. The molecule has 1 nitrogen and oxygen atoms in total. The third kappa shape index (κ3) is 3.25. The lowest BCUT2D eigenvalue weighted by molar-refractivity contribution is 0.515. The van der Waals surface area contributed by atoms with E-state index in [2.05, 4.69) is 21.2 Å². The van der Waals surface area contributed by atoms with Crippen molar-refractivity contribution in [3.8, 4) is 0 Å². The summed E-state index contributed by atoms with van der Waals surface area (Å²) in [5.41, 5.74) is 2.22. The Bertz CT molecular complexity index is 593. The lowest BCUT2D eigenvalue weighted by Crippen LogP contribution is -2.20. The van der Waals surface area contributed by atoms with E-state index in [1.807, 2.05) is 25.1 Å². The van der Waals surface area contributed by atoms with Crippen LogP contribution in [0.25, 0.3) is 0 Å². The van der Waals surface area contributed by atoms with Crippen molar-refractivity contribution in [3.63, 3.8) is 0 Å². The highest BCUT2D eigenvalue weighted by Gasteiger charge is 2.16. The maximum atomic E-state index is 13.7. The highest BCUT2D eigenvalue weighted by Crippen LogP contribution is 2.25. The van der Waals surface area contributed by atoms with E-state index in [0.29, 0.717) is 0 Å². The van der Waals surface area contributed by atoms with Gasteiger partial charge in [0.2, 0.25) is 0 Å². The second-order valence-corrected chi connectivity index (χ2v) is 5.61. The number of halogens is 3. The highest BCUT2D eigenvalue weighted by molar-refractivity contribution is 9.10. The van der Waals surface area contributed by atoms with E-state index in [0.717, 1.165) is 15.6 Å². The molecule has 1 atom stereocenters. The zero-order valence-electron chi connectivity index (χ0n) is 11.4. The van der Waals surface area contributed by atoms with E-state index >= 15 is 0 Å². The van der Waals surface area contributed by atoms with E-state index in [-0.39, 0.29) is 18.0 Å². The molecular formula is C16H16BrF2N. The molecule has 0 bridgehead atoms. The summed E-state index contributed by atoms with van der Waals surface area (Å²) < 4.78 is 28.5. The molecule has 0 aliphatic rings. The Hall–Kier alpha value is -1.26. The normalized spacial score (nSPS) is 12.4. The molecule has 0 aliphatic carbocycles. The van der Waals surface area contributed by atoms with Crippen LogP contribution < -0.4 is 5.32 Å². The van der Waals surface area contributed by atoms with Gasteiger partial charge in [-0.15, -0.1) is 0 Å². The van der Waals surface area contributed by atoms with Gasteiger partial charge < -0.3 is 5.32 Å². The average molecular weight is 340 g/mol. The number of aryl methyl sites for hydroxylation is 1. The second-order valence-electron chi connectivity index (χ2n) is 4.75. The molecule has 106 valence electrons. The van der Waals surface area contributed by atoms with Gasteiger partial charge in [-0.05, 0) is 49.7 Å². The molecule has 2 aromatic rings. The van der Waals surface area contributed by atoms with Crippen LogP contribution in [0.1, 0.15) is 22.7 Å². The van der Waals surface area contributed by atoms with Crippen LogP contribution in [0, 0.1) is 18.6 Å². The van der Waals surface area contributed by atoms with Gasteiger partial charge in [0, 0.05) is 16.1 Å². The fourth-order valence-corrected chi connectivity index (χ4v) is 2.45. The minimum atomic E-state index is -0.501. The Kier molecular flexibility index (Phi) is 4.89. The molecule has 0 aromatic heterocycles. The lowest BCUT2D eigenvalue weighted by atomic mass is 9.97. The first-order valence-corrected chi connectivity index (χ1v) is 7.18. The van der Waals surface area contributed by atoms with Crippen LogP contribution in [0.3, 0.4) is 0 Å². The summed E-state index contributed by atoms with van der Waals surface area (Å²) in [6, 6.07) is 9.75. The van der Waals surface area contributed by atoms with Gasteiger partial charge in [0.05, 0.1) is 0 Å². The molecular weight excluding hydrogens is 324 g/mol. The van der Waals surface area contributed by atoms with Gasteiger partial charge in [-0.1, -0.05) is 34.1 Å². The Morgan fingerprint density at radius 2 is 1.80 bits per heavy atom. The average Bonchev–Trinajstić information content (AvgIpc) is 2.42. The Morgan fingerprint density at radius 1 is 1.15 bits per heavy atom. The first-order chi connectivity index (χ1) is 9.52. The molecule has 0 saturated heterocycles. The van der Waals surface area contributed by atoms with Crippen LogP contribution >= 0.6 is 15.9 Å². The number of nitrogens with one attached hydrogen (secondary N) is 1. The van der Waals surface area contributed by atoms with Gasteiger partial charge in [0.15, 0.2) is 0 Å². The van der Waals surface area contributed by atoms with Crippen molar-refractivity contribution >= 4 is 15.9 Å². The SMILES string of the molecule is CNC(Cc1c(F)cccc1F)c1ccc(Br)c(C)c1. The molecule has 0 saturated carbocycles. The molecule has 4 heteroatoms. The highest BCUT2D eigenvalue weighted by atomic mass is 79.9. The van der Waals surface area contributed by atoms with Gasteiger partial charge >= 0.3 is 0 Å². The minimum absolute atomic E-state index is 0.118. The van der Waals surface area contributed by atoms with Gasteiger partial charge in [-0.2, -0.15) is 0 Å². The summed E-state index contributed by atoms with van der Waals surface area (Å²) in [6.07, 6.45) is 0.274. The second kappa shape index (κ2) is 6.46. The smallest absolute Gasteiger partial charge is 0.129 e. The fraction of sp³-hybridized carbons (Fsp3) is 0.250. The zero-order valence-corrected chi connectivity index (χ0v) is 13.0. The van der Waals surface area contributed by atoms with E-state index in [1.165, 1.54) is 18.2 Å². The van der Waals surface area contributed by atoms with Gasteiger partial charge in [0.25, 0.3) is 0 Å². The molecule has 0 fully saturated rings. The van der Waals surface area contributed by atoms with Crippen LogP contribution in [-0.4, -0.2) is 7.05 Å². The first kappa shape index (κ1) is 15.1. The molecule has 20 heavy (non-hydrogen) atoms. The van der Waals surface area contributed by atoms with Crippen molar-refractivity contribution in [3.05, 3.63) is 69.2 Å². The summed E-state index contributed by atoms with van der Waals surface area (Å²) in [7, 11) is 1.79. The summed E-state index contributed by atoms with van der Waals surface area (Å²) in [6.45, 7) is 1.99.